The molecule has 0 saturated carbocycles. The lowest BCUT2D eigenvalue weighted by Gasteiger charge is -2.22. The molecule has 0 radical (unpaired) electrons. The van der Waals surface area contributed by atoms with Crippen LogP contribution in [-0.2, 0) is 0 Å². The van der Waals surface area contributed by atoms with Gasteiger partial charge < -0.3 is 15.8 Å². The van der Waals surface area contributed by atoms with Gasteiger partial charge in [0.15, 0.2) is 5.84 Å². The highest BCUT2D eigenvalue weighted by molar-refractivity contribution is 6.31. The zero-order valence-corrected chi connectivity index (χ0v) is 11.5. The highest BCUT2D eigenvalue weighted by atomic mass is 35.5. The quantitative estimate of drug-likeness (QED) is 0.395. The number of nitrogens with zero attached hydrogens (tertiary/aromatic N) is 2. The van der Waals surface area contributed by atoms with Gasteiger partial charge in [0.25, 0.3) is 0 Å². The lowest BCUT2D eigenvalue weighted by atomic mass is 10.1. The number of nitrogens with two attached hydrogens (primary N) is 1. The normalized spacial score (nSPS) is 11.4. The molecule has 2 rings (SSSR count). The molecule has 0 heterocycles. The summed E-state index contributed by atoms with van der Waals surface area (Å²) in [7, 11) is 1.80. The van der Waals surface area contributed by atoms with Crippen LogP contribution in [0.15, 0.2) is 47.6 Å². The van der Waals surface area contributed by atoms with E-state index in [1.807, 2.05) is 0 Å². The maximum absolute atomic E-state index is 13.0. The second kappa shape index (κ2) is 5.79. The maximum atomic E-state index is 13.0. The summed E-state index contributed by atoms with van der Waals surface area (Å²) in [6.45, 7) is 0. The van der Waals surface area contributed by atoms with Crippen molar-refractivity contribution in [2.75, 3.05) is 11.9 Å². The Kier molecular flexibility index (Phi) is 4.10. The van der Waals surface area contributed by atoms with E-state index in [-0.39, 0.29) is 11.7 Å². The van der Waals surface area contributed by atoms with Crippen LogP contribution in [0.2, 0.25) is 5.02 Å². The molecule has 0 aromatic heterocycles. The lowest BCUT2D eigenvalue weighted by Crippen LogP contribution is -2.19. The van der Waals surface area contributed by atoms with Crippen LogP contribution < -0.4 is 10.6 Å². The first-order chi connectivity index (χ1) is 9.52. The molecule has 4 nitrogen and oxygen atoms in total. The predicted octanol–water partition coefficient (Wildman–Crippen LogP) is 3.34. The number of halogens is 2. The summed E-state index contributed by atoms with van der Waals surface area (Å²) in [5.41, 5.74) is 7.61. The van der Waals surface area contributed by atoms with E-state index in [4.69, 9.17) is 22.5 Å². The van der Waals surface area contributed by atoms with Crippen molar-refractivity contribution in [3.8, 4) is 0 Å². The summed E-state index contributed by atoms with van der Waals surface area (Å²) in [6, 6.07) is 11.1. The first kappa shape index (κ1) is 14.1. The zero-order valence-electron chi connectivity index (χ0n) is 10.7. The Bertz CT molecular complexity index is 643. The Balaban J connectivity index is 2.49. The molecule has 2 aromatic rings. The average Bonchev–Trinajstić information content (AvgIpc) is 2.46. The van der Waals surface area contributed by atoms with E-state index >= 15 is 0 Å². The SMILES string of the molecule is CN(c1ccc(F)cc1)c1ccc(Cl)cc1C(N)=NO. The van der Waals surface area contributed by atoms with Crippen LogP contribution in [0.5, 0.6) is 0 Å². The highest BCUT2D eigenvalue weighted by Gasteiger charge is 2.13. The smallest absolute Gasteiger partial charge is 0.172 e. The molecule has 6 heteroatoms. The van der Waals surface area contributed by atoms with E-state index in [0.29, 0.717) is 16.3 Å². The van der Waals surface area contributed by atoms with Crippen molar-refractivity contribution in [2.45, 2.75) is 0 Å². The highest BCUT2D eigenvalue weighted by Crippen LogP contribution is 2.29. The maximum Gasteiger partial charge on any atom is 0.172 e. The molecule has 0 atom stereocenters. The largest absolute Gasteiger partial charge is 0.409 e. The van der Waals surface area contributed by atoms with Crippen molar-refractivity contribution in [2.24, 2.45) is 10.9 Å². The molecule has 0 bridgehead atoms. The van der Waals surface area contributed by atoms with E-state index in [1.54, 1.807) is 42.3 Å². The standard InChI is InChI=1S/C14H13ClFN3O/c1-19(11-5-3-10(16)4-6-11)13-7-2-9(15)8-12(13)14(17)18-20/h2-8,20H,1H3,(H2,17,18). The third-order valence-electron chi connectivity index (χ3n) is 2.92. The third kappa shape index (κ3) is 2.83. The number of benzene rings is 2. The van der Waals surface area contributed by atoms with Gasteiger partial charge in [0.1, 0.15) is 5.82 Å². The summed E-state index contributed by atoms with van der Waals surface area (Å²) in [4.78, 5) is 1.79. The molecule has 0 saturated heterocycles. The van der Waals surface area contributed by atoms with Gasteiger partial charge in [0.2, 0.25) is 0 Å². The molecule has 0 amide bonds. The number of oxime groups is 1. The molecule has 0 aliphatic heterocycles. The lowest BCUT2D eigenvalue weighted by molar-refractivity contribution is 0.318. The van der Waals surface area contributed by atoms with Crippen LogP contribution in [0.4, 0.5) is 15.8 Å². The molecule has 0 aliphatic rings. The molecule has 20 heavy (non-hydrogen) atoms. The van der Waals surface area contributed by atoms with Gasteiger partial charge in [-0.2, -0.15) is 0 Å². The van der Waals surface area contributed by atoms with Gasteiger partial charge in [0.05, 0.1) is 5.69 Å². The molecule has 2 aromatic carbocycles. The van der Waals surface area contributed by atoms with Gasteiger partial charge in [-0.15, -0.1) is 0 Å². The van der Waals surface area contributed by atoms with E-state index in [9.17, 15) is 4.39 Å². The summed E-state index contributed by atoms with van der Waals surface area (Å²) in [5.74, 6) is -0.355. The Morgan fingerprint density at radius 1 is 1.25 bits per heavy atom. The first-order valence-corrected chi connectivity index (χ1v) is 6.17. The number of anilines is 2. The number of amidine groups is 1. The van der Waals surface area contributed by atoms with E-state index in [1.165, 1.54) is 12.1 Å². The molecule has 0 aliphatic carbocycles. The van der Waals surface area contributed by atoms with Crippen molar-refractivity contribution < 1.29 is 9.60 Å². The second-order valence-electron chi connectivity index (χ2n) is 4.18. The molecular weight excluding hydrogens is 281 g/mol. The average molecular weight is 294 g/mol. The number of hydrogen-bond acceptors (Lipinski definition) is 3. The van der Waals surface area contributed by atoms with Crippen LogP contribution in [0.25, 0.3) is 0 Å². The summed E-state index contributed by atoms with van der Waals surface area (Å²) >= 11 is 5.93. The monoisotopic (exact) mass is 293 g/mol. The second-order valence-corrected chi connectivity index (χ2v) is 4.62. The van der Waals surface area contributed by atoms with Gasteiger partial charge in [-0.05, 0) is 42.5 Å². The Labute approximate surface area is 120 Å². The van der Waals surface area contributed by atoms with Gasteiger partial charge >= 0.3 is 0 Å². The minimum Gasteiger partial charge on any atom is -0.409 e. The Hall–Kier alpha value is -2.27. The van der Waals surface area contributed by atoms with Crippen LogP contribution in [-0.4, -0.2) is 18.1 Å². The molecule has 3 N–H and O–H groups in total. The van der Waals surface area contributed by atoms with Crippen LogP contribution in [0.3, 0.4) is 0 Å². The van der Waals surface area contributed by atoms with Crippen molar-refractivity contribution in [3.63, 3.8) is 0 Å². The van der Waals surface area contributed by atoms with Crippen molar-refractivity contribution in [1.82, 2.24) is 0 Å². The van der Waals surface area contributed by atoms with Gasteiger partial charge in [-0.1, -0.05) is 16.8 Å². The van der Waals surface area contributed by atoms with E-state index in [0.717, 1.165) is 5.69 Å². The Morgan fingerprint density at radius 2 is 1.90 bits per heavy atom. The Morgan fingerprint density at radius 3 is 2.50 bits per heavy atom. The number of rotatable bonds is 3. The van der Waals surface area contributed by atoms with Crippen molar-refractivity contribution in [3.05, 3.63) is 58.9 Å². The molecule has 104 valence electrons. The third-order valence-corrected chi connectivity index (χ3v) is 3.15. The van der Waals surface area contributed by atoms with Crippen LogP contribution >= 0.6 is 11.6 Å². The van der Waals surface area contributed by atoms with Gasteiger partial charge in [-0.25, -0.2) is 4.39 Å². The van der Waals surface area contributed by atoms with Crippen LogP contribution in [0, 0.1) is 5.82 Å². The summed E-state index contributed by atoms with van der Waals surface area (Å²) in [6.07, 6.45) is 0. The topological polar surface area (TPSA) is 61.8 Å². The van der Waals surface area contributed by atoms with Gasteiger partial charge in [0, 0.05) is 23.3 Å². The fourth-order valence-corrected chi connectivity index (χ4v) is 2.04. The van der Waals surface area contributed by atoms with Gasteiger partial charge in [-0.3, -0.25) is 0 Å². The molecule has 0 unspecified atom stereocenters. The van der Waals surface area contributed by atoms with Crippen molar-refractivity contribution >= 4 is 28.8 Å². The molecule has 0 fully saturated rings. The predicted molar refractivity (Wildman–Crippen MR) is 78.4 cm³/mol. The fourth-order valence-electron chi connectivity index (χ4n) is 1.86. The molecule has 0 spiro atoms. The van der Waals surface area contributed by atoms with E-state index < -0.39 is 0 Å². The minimum absolute atomic E-state index is 0.0449. The van der Waals surface area contributed by atoms with Crippen molar-refractivity contribution in [1.29, 1.82) is 0 Å². The fraction of sp³-hybridized carbons (Fsp3) is 0.0714. The van der Waals surface area contributed by atoms with Crippen LogP contribution in [0.1, 0.15) is 5.56 Å². The molecular formula is C14H13ClFN3O. The number of hydrogen-bond donors (Lipinski definition) is 2. The summed E-state index contributed by atoms with van der Waals surface area (Å²) < 4.78 is 13.0. The summed E-state index contributed by atoms with van der Waals surface area (Å²) in [5, 5.41) is 12.3. The zero-order chi connectivity index (χ0) is 14.7. The minimum atomic E-state index is -0.310. The first-order valence-electron chi connectivity index (χ1n) is 5.79. The van der Waals surface area contributed by atoms with E-state index in [2.05, 4.69) is 5.16 Å².